The van der Waals surface area contributed by atoms with Gasteiger partial charge in [-0.25, -0.2) is 4.98 Å². The number of nitrogens with zero attached hydrogens (tertiary/aromatic N) is 3. The van der Waals surface area contributed by atoms with E-state index >= 15 is 0 Å². The van der Waals surface area contributed by atoms with Gasteiger partial charge in [0.25, 0.3) is 5.69 Å². The molecule has 0 aliphatic carbocycles. The normalized spacial score (nSPS) is 10.9. The van der Waals surface area contributed by atoms with Gasteiger partial charge in [-0.05, 0) is 31.2 Å². The maximum absolute atomic E-state index is 11.0. The van der Waals surface area contributed by atoms with E-state index in [1.807, 2.05) is 29.5 Å². The van der Waals surface area contributed by atoms with E-state index in [1.54, 1.807) is 12.1 Å². The number of non-ortho nitro benzene ring substituents is 1. The van der Waals surface area contributed by atoms with Crippen LogP contribution in [0.5, 0.6) is 0 Å². The van der Waals surface area contributed by atoms with Crippen LogP contribution < -0.4 is 0 Å². The van der Waals surface area contributed by atoms with Gasteiger partial charge in [0.2, 0.25) is 0 Å². The molecule has 0 saturated carbocycles. The molecule has 0 spiro atoms. The number of benzene rings is 1. The van der Waals surface area contributed by atoms with Crippen molar-refractivity contribution in [2.24, 2.45) is 0 Å². The number of hydrogen-bond donors (Lipinski definition) is 1. The highest BCUT2D eigenvalue weighted by Gasteiger charge is 2.17. The maximum Gasteiger partial charge on any atom is 0.303 e. The number of carbonyl (C=O) groups is 1. The third-order valence-electron chi connectivity index (χ3n) is 3.86. The summed E-state index contributed by atoms with van der Waals surface area (Å²) in [7, 11) is 0. The first-order valence-electron chi connectivity index (χ1n) is 7.41. The number of fused-ring (bicyclic) bond motifs is 1. The molecule has 7 nitrogen and oxygen atoms in total. The van der Waals surface area contributed by atoms with Crippen LogP contribution in [0.3, 0.4) is 0 Å². The highest BCUT2D eigenvalue weighted by molar-refractivity contribution is 5.71. The third kappa shape index (κ3) is 2.83. The molecular formula is C17H15N3O4. The summed E-state index contributed by atoms with van der Waals surface area (Å²) in [6, 6.07) is 11.8. The maximum atomic E-state index is 11.0. The van der Waals surface area contributed by atoms with Gasteiger partial charge in [0.05, 0.1) is 22.7 Å². The predicted octanol–water partition coefficient (Wildman–Crippen LogP) is 3.24. The molecule has 3 rings (SSSR count). The Morgan fingerprint density at radius 1 is 1.25 bits per heavy atom. The largest absolute Gasteiger partial charge is 0.481 e. The van der Waals surface area contributed by atoms with Crippen LogP contribution in [0.15, 0.2) is 42.5 Å². The van der Waals surface area contributed by atoms with Gasteiger partial charge in [-0.15, -0.1) is 0 Å². The summed E-state index contributed by atoms with van der Waals surface area (Å²) in [6.07, 6.45) is 0.315. The molecule has 0 aliphatic rings. The molecular weight excluding hydrogens is 310 g/mol. The Morgan fingerprint density at radius 2 is 1.96 bits per heavy atom. The summed E-state index contributed by atoms with van der Waals surface area (Å²) in [4.78, 5) is 25.9. The average Bonchev–Trinajstić information content (AvgIpc) is 2.93. The van der Waals surface area contributed by atoms with Crippen molar-refractivity contribution in [3.05, 3.63) is 64.0 Å². The van der Waals surface area contributed by atoms with Crippen molar-refractivity contribution in [2.75, 3.05) is 0 Å². The number of imidazole rings is 1. The molecule has 2 heterocycles. The minimum atomic E-state index is -0.881. The Labute approximate surface area is 137 Å². The Hall–Kier alpha value is -3.22. The Balaban J connectivity index is 2.15. The molecule has 0 bridgehead atoms. The first kappa shape index (κ1) is 15.7. The average molecular weight is 325 g/mol. The molecule has 3 aromatic rings. The fourth-order valence-electron chi connectivity index (χ4n) is 2.75. The van der Waals surface area contributed by atoms with E-state index in [0.717, 1.165) is 22.6 Å². The van der Waals surface area contributed by atoms with Crippen LogP contribution in [-0.4, -0.2) is 25.4 Å². The SMILES string of the molecule is Cc1cccc2nc(-c3ccc([N+](=O)[O-])cc3)c(CCC(=O)O)n12. The van der Waals surface area contributed by atoms with Gasteiger partial charge in [0, 0.05) is 29.8 Å². The second kappa shape index (κ2) is 6.11. The van der Waals surface area contributed by atoms with Gasteiger partial charge in [-0.3, -0.25) is 14.9 Å². The van der Waals surface area contributed by atoms with Crippen LogP contribution in [0.2, 0.25) is 0 Å². The zero-order chi connectivity index (χ0) is 17.3. The summed E-state index contributed by atoms with van der Waals surface area (Å²) in [6.45, 7) is 1.93. The third-order valence-corrected chi connectivity index (χ3v) is 3.86. The zero-order valence-corrected chi connectivity index (χ0v) is 13.0. The summed E-state index contributed by atoms with van der Waals surface area (Å²) in [5.41, 5.74) is 3.85. The van der Waals surface area contributed by atoms with Crippen molar-refractivity contribution in [1.82, 2.24) is 9.38 Å². The van der Waals surface area contributed by atoms with Gasteiger partial charge in [0.1, 0.15) is 5.65 Å². The quantitative estimate of drug-likeness (QED) is 0.573. The van der Waals surface area contributed by atoms with Crippen LogP contribution in [0, 0.1) is 17.0 Å². The summed E-state index contributed by atoms with van der Waals surface area (Å²) < 4.78 is 1.93. The van der Waals surface area contributed by atoms with Crippen molar-refractivity contribution in [3.8, 4) is 11.3 Å². The molecule has 24 heavy (non-hydrogen) atoms. The van der Waals surface area contributed by atoms with Crippen molar-refractivity contribution < 1.29 is 14.8 Å². The smallest absolute Gasteiger partial charge is 0.303 e. The molecule has 2 aromatic heterocycles. The lowest BCUT2D eigenvalue weighted by molar-refractivity contribution is -0.384. The molecule has 0 fully saturated rings. The minimum absolute atomic E-state index is 0.00535. The van der Waals surface area contributed by atoms with Gasteiger partial charge in [-0.2, -0.15) is 0 Å². The van der Waals surface area contributed by atoms with E-state index in [0.29, 0.717) is 12.1 Å². The molecule has 0 aliphatic heterocycles. The fourth-order valence-corrected chi connectivity index (χ4v) is 2.75. The molecule has 122 valence electrons. The summed E-state index contributed by atoms with van der Waals surface area (Å²) in [5.74, 6) is -0.881. The molecule has 1 aromatic carbocycles. The lowest BCUT2D eigenvalue weighted by atomic mass is 10.1. The second-order valence-electron chi connectivity index (χ2n) is 5.47. The molecule has 0 saturated heterocycles. The Kier molecular flexibility index (Phi) is 3.99. The number of aromatic nitrogens is 2. The van der Waals surface area contributed by atoms with Crippen LogP contribution >= 0.6 is 0 Å². The first-order valence-corrected chi connectivity index (χ1v) is 7.41. The van der Waals surface area contributed by atoms with Crippen molar-refractivity contribution in [1.29, 1.82) is 0 Å². The second-order valence-corrected chi connectivity index (χ2v) is 5.47. The molecule has 0 amide bonds. The molecule has 0 atom stereocenters. The zero-order valence-electron chi connectivity index (χ0n) is 13.0. The number of hydrogen-bond acceptors (Lipinski definition) is 4. The van der Waals surface area contributed by atoms with Crippen LogP contribution in [0.1, 0.15) is 17.8 Å². The number of nitro groups is 1. The highest BCUT2D eigenvalue weighted by Crippen LogP contribution is 2.28. The Bertz CT molecular complexity index is 929. The highest BCUT2D eigenvalue weighted by atomic mass is 16.6. The number of pyridine rings is 1. The van der Waals surface area contributed by atoms with E-state index in [1.165, 1.54) is 12.1 Å². The molecule has 0 radical (unpaired) electrons. The minimum Gasteiger partial charge on any atom is -0.481 e. The van der Waals surface area contributed by atoms with Crippen molar-refractivity contribution in [3.63, 3.8) is 0 Å². The first-order chi connectivity index (χ1) is 11.5. The monoisotopic (exact) mass is 325 g/mol. The summed E-state index contributed by atoms with van der Waals surface area (Å²) in [5, 5.41) is 19.8. The predicted molar refractivity (Wildman–Crippen MR) is 88.0 cm³/mol. The standard InChI is InChI=1S/C17H15N3O4/c1-11-3-2-4-15-18-17(14(19(11)15)9-10-16(21)22)12-5-7-13(8-6-12)20(23)24/h2-8H,9-10H2,1H3,(H,21,22). The lowest BCUT2D eigenvalue weighted by Gasteiger charge is -2.06. The van der Waals surface area contributed by atoms with Crippen molar-refractivity contribution >= 4 is 17.3 Å². The van der Waals surface area contributed by atoms with Crippen LogP contribution in [0.25, 0.3) is 16.9 Å². The lowest BCUT2D eigenvalue weighted by Crippen LogP contribution is -2.03. The number of aryl methyl sites for hydroxylation is 2. The van der Waals surface area contributed by atoms with Gasteiger partial charge < -0.3 is 9.51 Å². The molecule has 0 unspecified atom stereocenters. The van der Waals surface area contributed by atoms with Gasteiger partial charge in [-0.1, -0.05) is 6.07 Å². The van der Waals surface area contributed by atoms with Gasteiger partial charge in [0.15, 0.2) is 0 Å². The van der Waals surface area contributed by atoms with Gasteiger partial charge >= 0.3 is 5.97 Å². The number of carboxylic acids is 1. The van der Waals surface area contributed by atoms with Crippen LogP contribution in [0.4, 0.5) is 5.69 Å². The van der Waals surface area contributed by atoms with E-state index in [9.17, 15) is 14.9 Å². The fraction of sp³-hybridized carbons (Fsp3) is 0.176. The Morgan fingerprint density at radius 3 is 2.58 bits per heavy atom. The molecule has 1 N–H and O–H groups in total. The number of nitro benzene ring substituents is 1. The molecule has 7 heteroatoms. The number of rotatable bonds is 5. The number of aliphatic carboxylic acids is 1. The van der Waals surface area contributed by atoms with Crippen LogP contribution in [-0.2, 0) is 11.2 Å². The summed E-state index contributed by atoms with van der Waals surface area (Å²) >= 11 is 0. The van der Waals surface area contributed by atoms with Crippen molar-refractivity contribution in [2.45, 2.75) is 19.8 Å². The topological polar surface area (TPSA) is 97.7 Å². The van der Waals surface area contributed by atoms with E-state index in [-0.39, 0.29) is 12.1 Å². The van der Waals surface area contributed by atoms with E-state index in [4.69, 9.17) is 5.11 Å². The van der Waals surface area contributed by atoms with E-state index in [2.05, 4.69) is 4.98 Å². The van der Waals surface area contributed by atoms with E-state index < -0.39 is 10.9 Å². The number of carboxylic acid groups (broad SMARTS) is 1.